The lowest BCUT2D eigenvalue weighted by Gasteiger charge is -2.14. The molecule has 31 heavy (non-hydrogen) atoms. The lowest BCUT2D eigenvalue weighted by atomic mass is 10.2. The van der Waals surface area contributed by atoms with E-state index in [0.717, 1.165) is 4.57 Å². The molecule has 1 N–H and O–H groups in total. The maximum absolute atomic E-state index is 13.2. The van der Waals surface area contributed by atoms with Crippen LogP contribution < -0.4 is 21.3 Å². The van der Waals surface area contributed by atoms with E-state index in [4.69, 9.17) is 16.3 Å². The van der Waals surface area contributed by atoms with Crippen LogP contribution in [0, 0.1) is 0 Å². The number of thiophene rings is 1. The Labute approximate surface area is 186 Å². The molecule has 0 atom stereocenters. The Bertz CT molecular complexity index is 1390. The zero-order valence-corrected chi connectivity index (χ0v) is 18.1. The van der Waals surface area contributed by atoms with Crippen molar-refractivity contribution in [2.45, 2.75) is 13.1 Å². The quantitative estimate of drug-likeness (QED) is 0.482. The molecule has 9 heteroatoms. The molecule has 7 nitrogen and oxygen atoms in total. The highest BCUT2D eigenvalue weighted by Gasteiger charge is 2.17. The first kappa shape index (κ1) is 20.9. The predicted molar refractivity (Wildman–Crippen MR) is 123 cm³/mol. The van der Waals surface area contributed by atoms with E-state index in [1.54, 1.807) is 47.8 Å². The highest BCUT2D eigenvalue weighted by atomic mass is 35.5. The topological polar surface area (TPSA) is 82.3 Å². The molecule has 0 saturated heterocycles. The number of nitrogens with zero attached hydrogens (tertiary/aromatic N) is 2. The van der Waals surface area contributed by atoms with E-state index >= 15 is 0 Å². The largest absolute Gasteiger partial charge is 0.496 e. The Kier molecular flexibility index (Phi) is 5.92. The molecule has 2 heterocycles. The first-order valence-corrected chi connectivity index (χ1v) is 10.6. The molecule has 0 saturated carbocycles. The van der Waals surface area contributed by atoms with Crippen molar-refractivity contribution in [3.05, 3.63) is 91.4 Å². The fourth-order valence-electron chi connectivity index (χ4n) is 3.34. The van der Waals surface area contributed by atoms with Crippen molar-refractivity contribution in [1.82, 2.24) is 9.13 Å². The molecular weight excluding hydrogens is 438 g/mol. The molecule has 0 aliphatic carbocycles. The van der Waals surface area contributed by atoms with Crippen molar-refractivity contribution in [1.29, 1.82) is 0 Å². The van der Waals surface area contributed by atoms with E-state index < -0.39 is 17.2 Å². The van der Waals surface area contributed by atoms with Gasteiger partial charge in [-0.3, -0.25) is 18.7 Å². The van der Waals surface area contributed by atoms with Crippen molar-refractivity contribution >= 4 is 44.7 Å². The van der Waals surface area contributed by atoms with E-state index in [1.807, 2.05) is 12.1 Å². The summed E-state index contributed by atoms with van der Waals surface area (Å²) in [6, 6.07) is 15.6. The number of para-hydroxylation sites is 1. The number of anilines is 1. The summed E-state index contributed by atoms with van der Waals surface area (Å²) in [5, 5.41) is 4.94. The van der Waals surface area contributed by atoms with Crippen LogP contribution in [-0.2, 0) is 17.9 Å². The molecule has 1 amide bonds. The Balaban J connectivity index is 1.73. The SMILES string of the molecule is COc1ccccc1Cn1c(=O)c2sccc2n(CC(=O)Nc2cccc(Cl)c2)c1=O. The maximum atomic E-state index is 13.2. The number of hydrogen-bond acceptors (Lipinski definition) is 5. The third-order valence-electron chi connectivity index (χ3n) is 4.77. The molecule has 158 valence electrons. The van der Waals surface area contributed by atoms with Gasteiger partial charge in [-0.25, -0.2) is 4.79 Å². The van der Waals surface area contributed by atoms with E-state index in [2.05, 4.69) is 5.32 Å². The normalized spacial score (nSPS) is 10.9. The van der Waals surface area contributed by atoms with Crippen LogP contribution in [0.3, 0.4) is 0 Å². The minimum atomic E-state index is -0.567. The number of aromatic nitrogens is 2. The summed E-state index contributed by atoms with van der Waals surface area (Å²) in [4.78, 5) is 38.9. The minimum Gasteiger partial charge on any atom is -0.496 e. The molecule has 4 rings (SSSR count). The van der Waals surface area contributed by atoms with Crippen molar-refractivity contribution in [2.75, 3.05) is 12.4 Å². The number of halogens is 1. The number of fused-ring (bicyclic) bond motifs is 1. The number of benzene rings is 2. The van der Waals surface area contributed by atoms with Crippen LogP contribution in [0.5, 0.6) is 5.75 Å². The number of amides is 1. The summed E-state index contributed by atoms with van der Waals surface area (Å²) < 4.78 is 8.19. The fourth-order valence-corrected chi connectivity index (χ4v) is 4.37. The van der Waals surface area contributed by atoms with Gasteiger partial charge in [0.1, 0.15) is 17.0 Å². The third-order valence-corrected chi connectivity index (χ3v) is 5.89. The van der Waals surface area contributed by atoms with Crippen molar-refractivity contribution < 1.29 is 9.53 Å². The average Bonchev–Trinajstić information content (AvgIpc) is 3.24. The van der Waals surface area contributed by atoms with Gasteiger partial charge in [0.2, 0.25) is 5.91 Å². The van der Waals surface area contributed by atoms with E-state index in [0.29, 0.717) is 32.2 Å². The minimum absolute atomic E-state index is 0.0332. The average molecular weight is 456 g/mol. The first-order chi connectivity index (χ1) is 15.0. The highest BCUT2D eigenvalue weighted by molar-refractivity contribution is 7.17. The summed E-state index contributed by atoms with van der Waals surface area (Å²) in [5.41, 5.74) is 0.678. The second-order valence-electron chi connectivity index (χ2n) is 6.77. The Morgan fingerprint density at radius 3 is 2.68 bits per heavy atom. The molecule has 0 radical (unpaired) electrons. The van der Waals surface area contributed by atoms with Crippen LogP contribution in [0.1, 0.15) is 5.56 Å². The molecule has 0 fully saturated rings. The van der Waals surface area contributed by atoms with Crippen LogP contribution >= 0.6 is 22.9 Å². The van der Waals surface area contributed by atoms with E-state index in [-0.39, 0.29) is 13.1 Å². The lowest BCUT2D eigenvalue weighted by molar-refractivity contribution is -0.116. The summed E-state index contributed by atoms with van der Waals surface area (Å²) in [5.74, 6) is 0.171. The van der Waals surface area contributed by atoms with Crippen LogP contribution in [0.2, 0.25) is 5.02 Å². The molecule has 0 aliphatic rings. The molecule has 0 aliphatic heterocycles. The fraction of sp³-hybridized carbons (Fsp3) is 0.136. The van der Waals surface area contributed by atoms with Crippen LogP contribution in [0.15, 0.2) is 69.6 Å². The van der Waals surface area contributed by atoms with Gasteiger partial charge >= 0.3 is 5.69 Å². The third kappa shape index (κ3) is 4.26. The molecule has 0 unspecified atom stereocenters. The van der Waals surface area contributed by atoms with Crippen molar-refractivity contribution in [2.24, 2.45) is 0 Å². The van der Waals surface area contributed by atoms with Crippen LogP contribution in [0.25, 0.3) is 10.2 Å². The van der Waals surface area contributed by atoms with Gasteiger partial charge in [-0.15, -0.1) is 11.3 Å². The van der Waals surface area contributed by atoms with Gasteiger partial charge in [0.05, 0.1) is 19.2 Å². The summed E-state index contributed by atoms with van der Waals surface area (Å²) in [6.45, 7) is -0.212. The predicted octanol–water partition coefficient (Wildman–Crippen LogP) is 3.57. The molecule has 0 spiro atoms. The van der Waals surface area contributed by atoms with Crippen molar-refractivity contribution in [3.63, 3.8) is 0 Å². The summed E-state index contributed by atoms with van der Waals surface area (Å²) >= 11 is 7.19. The Hall–Kier alpha value is -3.36. The van der Waals surface area contributed by atoms with Gasteiger partial charge in [0.15, 0.2) is 0 Å². The number of ether oxygens (including phenoxy) is 1. The van der Waals surface area contributed by atoms with E-state index in [1.165, 1.54) is 23.0 Å². The van der Waals surface area contributed by atoms with Gasteiger partial charge in [0, 0.05) is 16.3 Å². The van der Waals surface area contributed by atoms with Gasteiger partial charge in [-0.05, 0) is 35.7 Å². The van der Waals surface area contributed by atoms with Gasteiger partial charge < -0.3 is 10.1 Å². The molecule has 0 bridgehead atoms. The second kappa shape index (κ2) is 8.79. The molecule has 2 aromatic carbocycles. The zero-order valence-electron chi connectivity index (χ0n) is 16.5. The number of carbonyl (C=O) groups is 1. The van der Waals surface area contributed by atoms with E-state index in [9.17, 15) is 14.4 Å². The number of hydrogen-bond donors (Lipinski definition) is 1. The summed E-state index contributed by atoms with van der Waals surface area (Å²) in [7, 11) is 1.53. The Morgan fingerprint density at radius 1 is 1.10 bits per heavy atom. The number of methoxy groups -OCH3 is 1. The van der Waals surface area contributed by atoms with Crippen LogP contribution in [-0.4, -0.2) is 22.2 Å². The maximum Gasteiger partial charge on any atom is 0.332 e. The van der Waals surface area contributed by atoms with Gasteiger partial charge in [-0.2, -0.15) is 0 Å². The summed E-state index contributed by atoms with van der Waals surface area (Å²) in [6.07, 6.45) is 0. The van der Waals surface area contributed by atoms with Gasteiger partial charge in [0.25, 0.3) is 5.56 Å². The van der Waals surface area contributed by atoms with Crippen molar-refractivity contribution in [3.8, 4) is 5.75 Å². The second-order valence-corrected chi connectivity index (χ2v) is 8.12. The molecule has 2 aromatic heterocycles. The first-order valence-electron chi connectivity index (χ1n) is 9.36. The Morgan fingerprint density at radius 2 is 1.90 bits per heavy atom. The van der Waals surface area contributed by atoms with Gasteiger partial charge in [-0.1, -0.05) is 35.9 Å². The number of nitrogens with one attached hydrogen (secondary N) is 1. The smallest absolute Gasteiger partial charge is 0.332 e. The molecular formula is C22H18ClN3O4S. The highest BCUT2D eigenvalue weighted by Crippen LogP contribution is 2.20. The molecule has 4 aromatic rings. The standard InChI is InChI=1S/C22H18ClN3O4S/c1-30-18-8-3-2-5-14(18)12-26-21(28)20-17(9-10-31-20)25(22(26)29)13-19(27)24-16-7-4-6-15(23)11-16/h2-11H,12-13H2,1H3,(H,24,27). The lowest BCUT2D eigenvalue weighted by Crippen LogP contribution is -2.41. The zero-order chi connectivity index (χ0) is 22.0. The monoisotopic (exact) mass is 455 g/mol. The van der Waals surface area contributed by atoms with Crippen LogP contribution in [0.4, 0.5) is 5.69 Å². The number of carbonyl (C=O) groups excluding carboxylic acids is 1. The number of rotatable bonds is 6.